The zero-order valence-electron chi connectivity index (χ0n) is 14.6. The van der Waals surface area contributed by atoms with E-state index in [0.29, 0.717) is 42.8 Å². The van der Waals surface area contributed by atoms with E-state index in [1.54, 1.807) is 24.0 Å². The van der Waals surface area contributed by atoms with E-state index in [9.17, 15) is 9.59 Å². The van der Waals surface area contributed by atoms with E-state index < -0.39 is 0 Å². The van der Waals surface area contributed by atoms with Crippen molar-refractivity contribution in [2.75, 3.05) is 51.3 Å². The van der Waals surface area contributed by atoms with Gasteiger partial charge in [-0.3, -0.25) is 14.5 Å². The Labute approximate surface area is 155 Å². The lowest BCUT2D eigenvalue weighted by molar-refractivity contribution is -0.117. The highest BCUT2D eigenvalue weighted by Crippen LogP contribution is 2.13. The van der Waals surface area contributed by atoms with Crippen molar-refractivity contribution in [3.8, 4) is 0 Å². The summed E-state index contributed by atoms with van der Waals surface area (Å²) in [6.45, 7) is 5.97. The molecule has 0 radical (unpaired) electrons. The van der Waals surface area contributed by atoms with E-state index in [1.165, 1.54) is 11.3 Å². The minimum Gasteiger partial charge on any atom is -0.379 e. The van der Waals surface area contributed by atoms with Gasteiger partial charge in [-0.25, -0.2) is 0 Å². The molecule has 0 aromatic carbocycles. The second kappa shape index (κ2) is 8.93. The molecule has 2 aromatic heterocycles. The normalized spacial score (nSPS) is 15.0. The molecule has 3 rings (SSSR count). The van der Waals surface area contributed by atoms with Crippen LogP contribution in [0, 0.1) is 6.92 Å². The number of aryl methyl sites for hydroxylation is 1. The third-order valence-corrected chi connectivity index (χ3v) is 4.90. The maximum absolute atomic E-state index is 12.7. The van der Waals surface area contributed by atoms with E-state index >= 15 is 0 Å². The van der Waals surface area contributed by atoms with Gasteiger partial charge in [0.1, 0.15) is 12.3 Å². The van der Waals surface area contributed by atoms with E-state index in [4.69, 9.17) is 9.26 Å². The van der Waals surface area contributed by atoms with Crippen LogP contribution in [0.25, 0.3) is 0 Å². The van der Waals surface area contributed by atoms with Gasteiger partial charge in [-0.2, -0.15) is 0 Å². The van der Waals surface area contributed by atoms with Crippen LogP contribution in [0.1, 0.15) is 15.4 Å². The smallest absolute Gasteiger partial charge is 0.264 e. The Morgan fingerprint density at radius 1 is 1.38 bits per heavy atom. The Kier molecular flexibility index (Phi) is 6.37. The van der Waals surface area contributed by atoms with E-state index in [2.05, 4.69) is 15.4 Å². The topological polar surface area (TPSA) is 87.9 Å². The molecule has 8 nitrogen and oxygen atoms in total. The molecule has 9 heteroatoms. The minimum atomic E-state index is -0.301. The summed E-state index contributed by atoms with van der Waals surface area (Å²) in [7, 11) is 0. The Morgan fingerprint density at radius 2 is 2.19 bits per heavy atom. The van der Waals surface area contributed by atoms with E-state index in [0.717, 1.165) is 13.1 Å². The first-order valence-electron chi connectivity index (χ1n) is 8.48. The van der Waals surface area contributed by atoms with Crippen LogP contribution >= 0.6 is 11.3 Å². The molecule has 1 saturated heterocycles. The van der Waals surface area contributed by atoms with Gasteiger partial charge in [0.05, 0.1) is 18.1 Å². The Morgan fingerprint density at radius 3 is 2.85 bits per heavy atom. The van der Waals surface area contributed by atoms with Crippen LogP contribution in [0.15, 0.2) is 28.1 Å². The third-order valence-electron chi connectivity index (χ3n) is 4.04. The maximum atomic E-state index is 12.7. The molecule has 2 amide bonds. The number of hydrogen-bond donors (Lipinski definition) is 1. The van der Waals surface area contributed by atoms with Gasteiger partial charge < -0.3 is 19.5 Å². The summed E-state index contributed by atoms with van der Waals surface area (Å²) in [4.78, 5) is 29.5. The second-order valence-corrected chi connectivity index (χ2v) is 6.98. The molecule has 0 atom stereocenters. The third kappa shape index (κ3) is 5.13. The van der Waals surface area contributed by atoms with Crippen LogP contribution in [0.4, 0.5) is 5.82 Å². The number of carbonyl (C=O) groups is 2. The van der Waals surface area contributed by atoms with Crippen molar-refractivity contribution in [3.63, 3.8) is 0 Å². The van der Waals surface area contributed by atoms with Gasteiger partial charge >= 0.3 is 0 Å². The standard InChI is InChI=1S/C17H22N4O4S/c1-13-11-15(19-25-13)18-16(22)12-21(17(23)14-3-2-10-26-14)5-4-20-6-8-24-9-7-20/h2-3,10-11H,4-9,12H2,1H3,(H,18,19,22). The molecular formula is C17H22N4O4S. The maximum Gasteiger partial charge on any atom is 0.264 e. The molecule has 26 heavy (non-hydrogen) atoms. The first kappa shape index (κ1) is 18.6. The Balaban J connectivity index is 1.61. The van der Waals surface area contributed by atoms with Gasteiger partial charge in [0.25, 0.3) is 5.91 Å². The highest BCUT2D eigenvalue weighted by Gasteiger charge is 2.21. The van der Waals surface area contributed by atoms with Gasteiger partial charge in [0.2, 0.25) is 5.91 Å². The summed E-state index contributed by atoms with van der Waals surface area (Å²) in [6, 6.07) is 5.24. The highest BCUT2D eigenvalue weighted by atomic mass is 32.1. The predicted molar refractivity (Wildman–Crippen MR) is 97.4 cm³/mol. The molecule has 140 valence electrons. The van der Waals surface area contributed by atoms with E-state index in [-0.39, 0.29) is 18.4 Å². The molecule has 1 aliphatic heterocycles. The minimum absolute atomic E-state index is 0.0347. The number of aromatic nitrogens is 1. The number of rotatable bonds is 7. The van der Waals surface area contributed by atoms with Crippen LogP contribution in [0.5, 0.6) is 0 Å². The fourth-order valence-electron chi connectivity index (χ4n) is 2.68. The van der Waals surface area contributed by atoms with Gasteiger partial charge in [0, 0.05) is 32.2 Å². The fraction of sp³-hybridized carbons (Fsp3) is 0.471. The van der Waals surface area contributed by atoms with Crippen molar-refractivity contribution >= 4 is 29.0 Å². The summed E-state index contributed by atoms with van der Waals surface area (Å²) >= 11 is 1.37. The van der Waals surface area contributed by atoms with Gasteiger partial charge in [0.15, 0.2) is 5.82 Å². The largest absolute Gasteiger partial charge is 0.379 e. The zero-order valence-corrected chi connectivity index (χ0v) is 15.5. The Hall–Kier alpha value is -2.23. The average molecular weight is 378 g/mol. The van der Waals surface area contributed by atoms with Crippen LogP contribution in [-0.4, -0.2) is 72.7 Å². The summed E-state index contributed by atoms with van der Waals surface area (Å²) in [5.41, 5.74) is 0. The lowest BCUT2D eigenvalue weighted by Gasteiger charge is -2.29. The Bertz CT molecular complexity index is 725. The van der Waals surface area contributed by atoms with Crippen LogP contribution < -0.4 is 5.32 Å². The average Bonchev–Trinajstić information content (AvgIpc) is 3.31. The summed E-state index contributed by atoms with van der Waals surface area (Å²) < 4.78 is 10.3. The van der Waals surface area contributed by atoms with Crippen LogP contribution in [-0.2, 0) is 9.53 Å². The van der Waals surface area contributed by atoms with Crippen molar-refractivity contribution in [3.05, 3.63) is 34.2 Å². The number of hydrogen-bond acceptors (Lipinski definition) is 7. The SMILES string of the molecule is Cc1cc(NC(=O)CN(CCN2CCOCC2)C(=O)c2cccs2)no1. The molecule has 0 saturated carbocycles. The molecule has 1 aliphatic rings. The molecule has 0 unspecified atom stereocenters. The van der Waals surface area contributed by atoms with Crippen LogP contribution in [0.3, 0.4) is 0 Å². The van der Waals surface area contributed by atoms with E-state index in [1.807, 2.05) is 11.4 Å². The zero-order chi connectivity index (χ0) is 18.4. The summed E-state index contributed by atoms with van der Waals surface area (Å²) in [5, 5.41) is 8.26. The monoisotopic (exact) mass is 378 g/mol. The number of nitrogens with zero attached hydrogens (tertiary/aromatic N) is 3. The molecular weight excluding hydrogens is 356 g/mol. The van der Waals surface area contributed by atoms with Crippen molar-refractivity contribution in [1.82, 2.24) is 15.0 Å². The fourth-order valence-corrected chi connectivity index (χ4v) is 3.37. The first-order valence-corrected chi connectivity index (χ1v) is 9.36. The van der Waals surface area contributed by atoms with Gasteiger partial charge in [-0.15, -0.1) is 11.3 Å². The number of thiophene rings is 1. The lowest BCUT2D eigenvalue weighted by Crippen LogP contribution is -2.45. The molecule has 1 N–H and O–H groups in total. The number of ether oxygens (including phenoxy) is 1. The van der Waals surface area contributed by atoms with Crippen molar-refractivity contribution in [2.24, 2.45) is 0 Å². The van der Waals surface area contributed by atoms with Crippen molar-refractivity contribution in [2.45, 2.75) is 6.92 Å². The molecule has 0 spiro atoms. The van der Waals surface area contributed by atoms with Crippen molar-refractivity contribution in [1.29, 1.82) is 0 Å². The molecule has 3 heterocycles. The molecule has 2 aromatic rings. The molecule has 0 aliphatic carbocycles. The van der Waals surface area contributed by atoms with Crippen LogP contribution in [0.2, 0.25) is 0 Å². The molecule has 0 bridgehead atoms. The number of carbonyl (C=O) groups excluding carboxylic acids is 2. The quantitative estimate of drug-likeness (QED) is 0.785. The lowest BCUT2D eigenvalue weighted by atomic mass is 10.3. The predicted octanol–water partition coefficient (Wildman–Crippen LogP) is 1.46. The number of amides is 2. The van der Waals surface area contributed by atoms with Gasteiger partial charge in [-0.05, 0) is 18.4 Å². The van der Waals surface area contributed by atoms with Gasteiger partial charge in [-0.1, -0.05) is 11.2 Å². The summed E-state index contributed by atoms with van der Waals surface area (Å²) in [5.74, 6) is 0.522. The molecule has 1 fully saturated rings. The summed E-state index contributed by atoms with van der Waals surface area (Å²) in [6.07, 6.45) is 0. The number of anilines is 1. The van der Waals surface area contributed by atoms with Crippen molar-refractivity contribution < 1.29 is 18.8 Å². The highest BCUT2D eigenvalue weighted by molar-refractivity contribution is 7.12. The number of morpholine rings is 1. The first-order chi connectivity index (χ1) is 12.6. The second-order valence-electron chi connectivity index (χ2n) is 6.03. The number of nitrogens with one attached hydrogen (secondary N) is 1.